The number of halogens is 1. The van der Waals surface area contributed by atoms with Gasteiger partial charge in [0.15, 0.2) is 0 Å². The molecule has 2 aromatic rings. The first-order valence-corrected chi connectivity index (χ1v) is 8.36. The van der Waals surface area contributed by atoms with E-state index in [0.717, 1.165) is 30.7 Å². The van der Waals surface area contributed by atoms with Crippen molar-refractivity contribution in [3.63, 3.8) is 0 Å². The molecule has 3 nitrogen and oxygen atoms in total. The Morgan fingerprint density at radius 2 is 1.96 bits per heavy atom. The zero-order valence-corrected chi connectivity index (χ0v) is 14.9. The van der Waals surface area contributed by atoms with E-state index in [9.17, 15) is 5.11 Å². The van der Waals surface area contributed by atoms with Gasteiger partial charge in [-0.2, -0.15) is 0 Å². The van der Waals surface area contributed by atoms with Gasteiger partial charge in [0.05, 0.1) is 13.2 Å². The SMILES string of the molecule is COc1ccc2c(c1)CC(CNCC(O)c1ccccc1)CC2.Cl. The second-order valence-electron chi connectivity index (χ2n) is 6.33. The van der Waals surface area contributed by atoms with Crippen molar-refractivity contribution in [3.05, 3.63) is 65.2 Å². The molecule has 0 saturated heterocycles. The van der Waals surface area contributed by atoms with Crippen molar-refractivity contribution in [1.29, 1.82) is 0 Å². The highest BCUT2D eigenvalue weighted by molar-refractivity contribution is 5.85. The molecule has 24 heavy (non-hydrogen) atoms. The summed E-state index contributed by atoms with van der Waals surface area (Å²) in [4.78, 5) is 0. The number of methoxy groups -OCH3 is 1. The molecule has 0 spiro atoms. The first-order chi connectivity index (χ1) is 11.3. The molecule has 0 bridgehead atoms. The molecular weight excluding hydrogens is 322 g/mol. The summed E-state index contributed by atoms with van der Waals surface area (Å²) in [7, 11) is 1.72. The van der Waals surface area contributed by atoms with Crippen molar-refractivity contribution in [2.75, 3.05) is 20.2 Å². The second-order valence-corrected chi connectivity index (χ2v) is 6.33. The lowest BCUT2D eigenvalue weighted by atomic mass is 9.83. The number of fused-ring (bicyclic) bond motifs is 1. The molecule has 2 N–H and O–H groups in total. The van der Waals surface area contributed by atoms with E-state index in [1.54, 1.807) is 7.11 Å². The van der Waals surface area contributed by atoms with Crippen LogP contribution in [0.4, 0.5) is 0 Å². The fourth-order valence-corrected chi connectivity index (χ4v) is 3.33. The van der Waals surface area contributed by atoms with E-state index >= 15 is 0 Å². The fraction of sp³-hybridized carbons (Fsp3) is 0.400. The summed E-state index contributed by atoms with van der Waals surface area (Å²) in [5.74, 6) is 1.56. The molecule has 0 aliphatic heterocycles. The van der Waals surface area contributed by atoms with Crippen molar-refractivity contribution < 1.29 is 9.84 Å². The fourth-order valence-electron chi connectivity index (χ4n) is 3.33. The van der Waals surface area contributed by atoms with Gasteiger partial charge in [0, 0.05) is 6.54 Å². The first kappa shape index (κ1) is 18.8. The third-order valence-electron chi connectivity index (χ3n) is 4.70. The molecule has 0 aromatic heterocycles. The quantitative estimate of drug-likeness (QED) is 0.839. The summed E-state index contributed by atoms with van der Waals surface area (Å²) in [6, 6.07) is 16.2. The molecule has 2 atom stereocenters. The Kier molecular flexibility index (Phi) is 7.10. The van der Waals surface area contributed by atoms with Crippen LogP contribution in [-0.2, 0) is 12.8 Å². The van der Waals surface area contributed by atoms with E-state index in [4.69, 9.17) is 4.74 Å². The highest BCUT2D eigenvalue weighted by Gasteiger charge is 2.19. The minimum atomic E-state index is -0.438. The molecule has 0 saturated carbocycles. The Morgan fingerprint density at radius 3 is 2.71 bits per heavy atom. The lowest BCUT2D eigenvalue weighted by Crippen LogP contribution is -2.30. The van der Waals surface area contributed by atoms with Crippen LogP contribution in [0.2, 0.25) is 0 Å². The molecule has 2 aromatic carbocycles. The van der Waals surface area contributed by atoms with Crippen molar-refractivity contribution in [2.45, 2.75) is 25.4 Å². The summed E-state index contributed by atoms with van der Waals surface area (Å²) in [6.07, 6.45) is 2.98. The number of aryl methyl sites for hydroxylation is 1. The molecule has 0 radical (unpaired) electrons. The van der Waals surface area contributed by atoms with Crippen LogP contribution in [0, 0.1) is 5.92 Å². The standard InChI is InChI=1S/C20H25NO2.ClH/c1-23-19-10-9-16-8-7-15(11-18(16)12-19)13-21-14-20(22)17-5-3-2-4-6-17;/h2-6,9-10,12,15,20-22H,7-8,11,13-14H2,1H3;1H. The summed E-state index contributed by atoms with van der Waals surface area (Å²) >= 11 is 0. The van der Waals surface area contributed by atoms with Gasteiger partial charge in [-0.05, 0) is 60.5 Å². The van der Waals surface area contributed by atoms with Crippen LogP contribution in [0.25, 0.3) is 0 Å². The number of hydrogen-bond acceptors (Lipinski definition) is 3. The number of hydrogen-bond donors (Lipinski definition) is 2. The smallest absolute Gasteiger partial charge is 0.119 e. The van der Waals surface area contributed by atoms with Gasteiger partial charge in [-0.25, -0.2) is 0 Å². The largest absolute Gasteiger partial charge is 0.497 e. The van der Waals surface area contributed by atoms with E-state index in [1.165, 1.54) is 17.5 Å². The third-order valence-corrected chi connectivity index (χ3v) is 4.70. The molecule has 2 unspecified atom stereocenters. The Hall–Kier alpha value is -1.55. The van der Waals surface area contributed by atoms with Gasteiger partial charge < -0.3 is 15.2 Å². The van der Waals surface area contributed by atoms with Crippen LogP contribution in [-0.4, -0.2) is 25.3 Å². The second kappa shape index (κ2) is 9.07. The maximum Gasteiger partial charge on any atom is 0.119 e. The van der Waals surface area contributed by atoms with E-state index in [2.05, 4.69) is 17.4 Å². The van der Waals surface area contributed by atoms with Crippen LogP contribution < -0.4 is 10.1 Å². The molecule has 1 aliphatic rings. The Bertz CT molecular complexity index is 633. The Morgan fingerprint density at radius 1 is 1.17 bits per heavy atom. The van der Waals surface area contributed by atoms with Crippen molar-refractivity contribution in [2.24, 2.45) is 5.92 Å². The van der Waals surface area contributed by atoms with Crippen molar-refractivity contribution in [3.8, 4) is 5.75 Å². The van der Waals surface area contributed by atoms with E-state index < -0.39 is 6.10 Å². The van der Waals surface area contributed by atoms with Gasteiger partial charge in [-0.15, -0.1) is 12.4 Å². The third kappa shape index (κ3) is 4.73. The Labute approximate surface area is 150 Å². The molecule has 1 aliphatic carbocycles. The van der Waals surface area contributed by atoms with E-state index in [0.29, 0.717) is 12.5 Å². The van der Waals surface area contributed by atoms with Gasteiger partial charge in [0.1, 0.15) is 5.75 Å². The van der Waals surface area contributed by atoms with Crippen LogP contribution in [0.5, 0.6) is 5.75 Å². The summed E-state index contributed by atoms with van der Waals surface area (Å²) in [5, 5.41) is 13.6. The summed E-state index contributed by atoms with van der Waals surface area (Å²) in [6.45, 7) is 1.55. The summed E-state index contributed by atoms with van der Waals surface area (Å²) in [5.41, 5.74) is 3.83. The van der Waals surface area contributed by atoms with Crippen molar-refractivity contribution >= 4 is 12.4 Å². The minimum Gasteiger partial charge on any atom is -0.497 e. The van der Waals surface area contributed by atoms with Crippen molar-refractivity contribution in [1.82, 2.24) is 5.32 Å². The van der Waals surface area contributed by atoms with E-state index in [1.807, 2.05) is 36.4 Å². The monoisotopic (exact) mass is 347 g/mol. The normalized spacial score (nSPS) is 17.5. The predicted molar refractivity (Wildman–Crippen MR) is 100 cm³/mol. The van der Waals surface area contributed by atoms with Crippen LogP contribution in [0.15, 0.2) is 48.5 Å². The predicted octanol–water partition coefficient (Wildman–Crippen LogP) is 3.55. The number of aliphatic hydroxyl groups excluding tert-OH is 1. The molecule has 3 rings (SSSR count). The van der Waals surface area contributed by atoms with Gasteiger partial charge in [-0.3, -0.25) is 0 Å². The highest BCUT2D eigenvalue weighted by atomic mass is 35.5. The number of ether oxygens (including phenoxy) is 1. The average molecular weight is 348 g/mol. The van der Waals surface area contributed by atoms with Crippen LogP contribution >= 0.6 is 12.4 Å². The van der Waals surface area contributed by atoms with Gasteiger partial charge in [0.2, 0.25) is 0 Å². The van der Waals surface area contributed by atoms with Crippen LogP contribution in [0.1, 0.15) is 29.2 Å². The number of rotatable bonds is 6. The number of benzene rings is 2. The molecule has 0 amide bonds. The molecular formula is C20H26ClNO2. The molecule has 0 heterocycles. The average Bonchev–Trinajstić information content (AvgIpc) is 2.61. The van der Waals surface area contributed by atoms with E-state index in [-0.39, 0.29) is 12.4 Å². The lowest BCUT2D eigenvalue weighted by Gasteiger charge is -2.25. The zero-order valence-electron chi connectivity index (χ0n) is 14.1. The number of nitrogens with one attached hydrogen (secondary N) is 1. The number of aliphatic hydroxyl groups is 1. The zero-order chi connectivity index (χ0) is 16.1. The molecule has 4 heteroatoms. The van der Waals surface area contributed by atoms with Gasteiger partial charge >= 0.3 is 0 Å². The topological polar surface area (TPSA) is 41.5 Å². The molecule has 130 valence electrons. The maximum absolute atomic E-state index is 10.2. The maximum atomic E-state index is 10.2. The summed E-state index contributed by atoms with van der Waals surface area (Å²) < 4.78 is 5.33. The first-order valence-electron chi connectivity index (χ1n) is 8.36. The highest BCUT2D eigenvalue weighted by Crippen LogP contribution is 2.28. The van der Waals surface area contributed by atoms with Gasteiger partial charge in [-0.1, -0.05) is 36.4 Å². The minimum absolute atomic E-state index is 0. The Balaban J connectivity index is 0.00000208. The van der Waals surface area contributed by atoms with Crippen LogP contribution in [0.3, 0.4) is 0 Å². The lowest BCUT2D eigenvalue weighted by molar-refractivity contribution is 0.172. The molecule has 0 fully saturated rings. The van der Waals surface area contributed by atoms with Gasteiger partial charge in [0.25, 0.3) is 0 Å².